The van der Waals surface area contributed by atoms with E-state index in [1.165, 1.54) is 11.3 Å². The van der Waals surface area contributed by atoms with E-state index in [1.807, 2.05) is 50.2 Å². The minimum Gasteiger partial charge on any atom is -0.326 e. The Morgan fingerprint density at radius 2 is 1.93 bits per heavy atom. The zero-order valence-electron chi connectivity index (χ0n) is 15.1. The number of halogens is 1. The standard InChI is InChI=1S/C20H20BrN3O2S/c1-3-4-18(25)24-20-23-16-8-5-13(10-17(16)27-20)11-19(26)22-14-6-7-15(21)12(2)9-14/h5-10H,3-4,11H2,1-2H3,(H,22,26)(H,23,24,25). The Balaban J connectivity index is 1.68. The molecule has 0 fully saturated rings. The van der Waals surface area contributed by atoms with Gasteiger partial charge >= 0.3 is 0 Å². The maximum atomic E-state index is 12.3. The highest BCUT2D eigenvalue weighted by Crippen LogP contribution is 2.27. The van der Waals surface area contributed by atoms with Gasteiger partial charge in [0.2, 0.25) is 11.8 Å². The van der Waals surface area contributed by atoms with Crippen LogP contribution in [0.5, 0.6) is 0 Å². The Kier molecular flexibility index (Phi) is 6.23. The molecule has 7 heteroatoms. The largest absolute Gasteiger partial charge is 0.326 e. The van der Waals surface area contributed by atoms with Crippen LogP contribution >= 0.6 is 27.3 Å². The second kappa shape index (κ2) is 8.63. The monoisotopic (exact) mass is 445 g/mol. The van der Waals surface area contributed by atoms with Crippen molar-refractivity contribution < 1.29 is 9.59 Å². The highest BCUT2D eigenvalue weighted by molar-refractivity contribution is 9.10. The molecule has 0 aliphatic rings. The van der Waals surface area contributed by atoms with E-state index >= 15 is 0 Å². The van der Waals surface area contributed by atoms with Crippen LogP contribution < -0.4 is 10.6 Å². The molecular formula is C20H20BrN3O2S. The Morgan fingerprint density at radius 1 is 1.11 bits per heavy atom. The number of nitrogens with one attached hydrogen (secondary N) is 2. The molecule has 0 aliphatic carbocycles. The smallest absolute Gasteiger partial charge is 0.228 e. The fourth-order valence-corrected chi connectivity index (χ4v) is 3.85. The molecule has 1 heterocycles. The average molecular weight is 446 g/mol. The molecule has 0 atom stereocenters. The van der Waals surface area contributed by atoms with Gasteiger partial charge in [-0.15, -0.1) is 0 Å². The molecule has 0 spiro atoms. The van der Waals surface area contributed by atoms with Crippen molar-refractivity contribution in [1.82, 2.24) is 4.98 Å². The summed E-state index contributed by atoms with van der Waals surface area (Å²) in [6.45, 7) is 3.94. The van der Waals surface area contributed by atoms with E-state index in [9.17, 15) is 9.59 Å². The molecule has 2 N–H and O–H groups in total. The predicted molar refractivity (Wildman–Crippen MR) is 114 cm³/mol. The van der Waals surface area contributed by atoms with Gasteiger partial charge in [0, 0.05) is 16.6 Å². The number of aromatic nitrogens is 1. The zero-order valence-corrected chi connectivity index (χ0v) is 17.5. The Bertz CT molecular complexity index is 1000. The van der Waals surface area contributed by atoms with Crippen LogP contribution in [0.15, 0.2) is 40.9 Å². The first-order valence-corrected chi connectivity index (χ1v) is 10.3. The summed E-state index contributed by atoms with van der Waals surface area (Å²) in [5, 5.41) is 6.34. The number of carbonyl (C=O) groups excluding carboxylic acids is 2. The van der Waals surface area contributed by atoms with Crippen LogP contribution in [-0.2, 0) is 16.0 Å². The van der Waals surface area contributed by atoms with Gasteiger partial charge in [0.15, 0.2) is 5.13 Å². The van der Waals surface area contributed by atoms with Gasteiger partial charge in [-0.25, -0.2) is 4.98 Å². The normalized spacial score (nSPS) is 10.8. The molecule has 0 radical (unpaired) electrons. The minimum atomic E-state index is -0.0722. The van der Waals surface area contributed by atoms with Gasteiger partial charge in [-0.2, -0.15) is 0 Å². The van der Waals surface area contributed by atoms with Gasteiger partial charge in [0.05, 0.1) is 16.6 Å². The third-order valence-electron chi connectivity index (χ3n) is 3.98. The predicted octanol–water partition coefficient (Wildman–Crippen LogP) is 5.29. The van der Waals surface area contributed by atoms with Gasteiger partial charge in [-0.3, -0.25) is 9.59 Å². The van der Waals surface area contributed by atoms with Crippen LogP contribution in [0.2, 0.25) is 0 Å². The third kappa shape index (κ3) is 5.14. The maximum absolute atomic E-state index is 12.3. The molecule has 3 rings (SSSR count). The van der Waals surface area contributed by atoms with E-state index < -0.39 is 0 Å². The summed E-state index contributed by atoms with van der Waals surface area (Å²) < 4.78 is 1.96. The second-order valence-electron chi connectivity index (χ2n) is 6.31. The molecular weight excluding hydrogens is 426 g/mol. The number of hydrogen-bond acceptors (Lipinski definition) is 4. The average Bonchev–Trinajstić information content (AvgIpc) is 2.99. The van der Waals surface area contributed by atoms with E-state index in [1.54, 1.807) is 0 Å². The summed E-state index contributed by atoms with van der Waals surface area (Å²) in [6.07, 6.45) is 1.56. The molecule has 3 aromatic rings. The molecule has 140 valence electrons. The van der Waals surface area contributed by atoms with Gasteiger partial charge in [-0.05, 0) is 54.8 Å². The van der Waals surface area contributed by atoms with E-state index in [0.717, 1.165) is 37.9 Å². The number of thiazole rings is 1. The molecule has 1 aromatic heterocycles. The van der Waals surface area contributed by atoms with Crippen molar-refractivity contribution in [2.24, 2.45) is 0 Å². The van der Waals surface area contributed by atoms with Crippen molar-refractivity contribution in [3.63, 3.8) is 0 Å². The summed E-state index contributed by atoms with van der Waals surface area (Å²) in [6, 6.07) is 11.4. The summed E-state index contributed by atoms with van der Waals surface area (Å²) in [5.41, 5.74) is 3.57. The first-order valence-electron chi connectivity index (χ1n) is 8.70. The lowest BCUT2D eigenvalue weighted by Gasteiger charge is -2.07. The zero-order chi connectivity index (χ0) is 19.4. The number of anilines is 2. The Morgan fingerprint density at radius 3 is 2.67 bits per heavy atom. The number of rotatable bonds is 6. The van der Waals surface area contributed by atoms with E-state index in [2.05, 4.69) is 31.5 Å². The maximum Gasteiger partial charge on any atom is 0.228 e. The van der Waals surface area contributed by atoms with Crippen molar-refractivity contribution in [2.75, 3.05) is 10.6 Å². The molecule has 0 unspecified atom stereocenters. The molecule has 0 bridgehead atoms. The number of benzene rings is 2. The van der Waals surface area contributed by atoms with Crippen molar-refractivity contribution in [3.05, 3.63) is 52.0 Å². The second-order valence-corrected chi connectivity index (χ2v) is 8.19. The lowest BCUT2D eigenvalue weighted by Crippen LogP contribution is -2.14. The van der Waals surface area contributed by atoms with E-state index in [4.69, 9.17) is 0 Å². The van der Waals surface area contributed by atoms with Crippen molar-refractivity contribution in [2.45, 2.75) is 33.1 Å². The van der Waals surface area contributed by atoms with Crippen molar-refractivity contribution in [3.8, 4) is 0 Å². The Hall–Kier alpha value is -2.25. The molecule has 5 nitrogen and oxygen atoms in total. The van der Waals surface area contributed by atoms with Gasteiger partial charge in [0.25, 0.3) is 0 Å². The summed E-state index contributed by atoms with van der Waals surface area (Å²) in [7, 11) is 0. The number of aryl methyl sites for hydroxylation is 1. The lowest BCUT2D eigenvalue weighted by atomic mass is 10.1. The van der Waals surface area contributed by atoms with Crippen LogP contribution in [-0.4, -0.2) is 16.8 Å². The Labute approximate surface area is 170 Å². The van der Waals surface area contributed by atoms with Crippen LogP contribution in [0.4, 0.5) is 10.8 Å². The fourth-order valence-electron chi connectivity index (χ4n) is 2.65. The van der Waals surface area contributed by atoms with Crippen LogP contribution in [0.25, 0.3) is 10.2 Å². The minimum absolute atomic E-state index is 0.0269. The number of hydrogen-bond donors (Lipinski definition) is 2. The van der Waals surface area contributed by atoms with Crippen molar-refractivity contribution >= 4 is 60.1 Å². The highest BCUT2D eigenvalue weighted by atomic mass is 79.9. The molecule has 0 saturated heterocycles. The number of amides is 2. The molecule has 0 saturated carbocycles. The van der Waals surface area contributed by atoms with E-state index in [0.29, 0.717) is 11.6 Å². The molecule has 0 aliphatic heterocycles. The number of carbonyl (C=O) groups is 2. The van der Waals surface area contributed by atoms with E-state index in [-0.39, 0.29) is 18.2 Å². The molecule has 2 amide bonds. The van der Waals surface area contributed by atoms with Gasteiger partial charge < -0.3 is 10.6 Å². The summed E-state index contributed by atoms with van der Waals surface area (Å²) in [5.74, 6) is -0.0991. The topological polar surface area (TPSA) is 71.1 Å². The van der Waals surface area contributed by atoms with Gasteiger partial charge in [0.1, 0.15) is 0 Å². The quantitative estimate of drug-likeness (QED) is 0.541. The fraction of sp³-hybridized carbons (Fsp3) is 0.250. The van der Waals surface area contributed by atoms with Gasteiger partial charge in [-0.1, -0.05) is 40.3 Å². The number of fused-ring (bicyclic) bond motifs is 1. The third-order valence-corrected chi connectivity index (χ3v) is 5.81. The first-order chi connectivity index (χ1) is 12.9. The highest BCUT2D eigenvalue weighted by Gasteiger charge is 2.10. The SMILES string of the molecule is CCCC(=O)Nc1nc2ccc(CC(=O)Nc3ccc(Br)c(C)c3)cc2s1. The van der Waals surface area contributed by atoms with Crippen LogP contribution in [0.3, 0.4) is 0 Å². The van der Waals surface area contributed by atoms with Crippen LogP contribution in [0, 0.1) is 6.92 Å². The van der Waals surface area contributed by atoms with Crippen molar-refractivity contribution in [1.29, 1.82) is 0 Å². The molecule has 2 aromatic carbocycles. The summed E-state index contributed by atoms with van der Waals surface area (Å²) >= 11 is 4.87. The van der Waals surface area contributed by atoms with Crippen LogP contribution in [0.1, 0.15) is 30.9 Å². The lowest BCUT2D eigenvalue weighted by molar-refractivity contribution is -0.116. The number of nitrogens with zero attached hydrogens (tertiary/aromatic N) is 1. The first kappa shape index (κ1) is 19.5. The summed E-state index contributed by atoms with van der Waals surface area (Å²) in [4.78, 5) is 28.5. The molecule has 27 heavy (non-hydrogen) atoms.